The van der Waals surface area contributed by atoms with Crippen LogP contribution < -0.4 is 5.32 Å². The van der Waals surface area contributed by atoms with E-state index in [0.717, 1.165) is 54.3 Å². The number of nitrogens with one attached hydrogen (secondary N) is 1. The number of nitrogens with zero attached hydrogens (tertiary/aromatic N) is 2. The van der Waals surface area contributed by atoms with Crippen molar-refractivity contribution in [1.82, 2.24) is 9.97 Å². The molecule has 3 aromatic rings. The van der Waals surface area contributed by atoms with Crippen LogP contribution in [0.4, 0.5) is 5.82 Å². The lowest BCUT2D eigenvalue weighted by Crippen LogP contribution is -2.08. The molecule has 2 aromatic carbocycles. The van der Waals surface area contributed by atoms with E-state index in [9.17, 15) is 0 Å². The third-order valence-corrected chi connectivity index (χ3v) is 3.60. The van der Waals surface area contributed by atoms with Crippen LogP contribution >= 0.6 is 0 Å². The molecule has 0 fully saturated rings. The summed E-state index contributed by atoms with van der Waals surface area (Å²) in [7, 11) is 0. The smallest absolute Gasteiger partial charge is 0.162 e. The Bertz CT molecular complexity index is 759. The van der Waals surface area contributed by atoms with Crippen LogP contribution in [0.25, 0.3) is 22.3 Å². The maximum absolute atomic E-state index is 5.38. The van der Waals surface area contributed by atoms with E-state index >= 15 is 0 Å². The van der Waals surface area contributed by atoms with Crippen molar-refractivity contribution in [2.24, 2.45) is 0 Å². The minimum atomic E-state index is 0.747. The molecule has 1 aromatic heterocycles. The highest BCUT2D eigenvalue weighted by Gasteiger charge is 2.08. The van der Waals surface area contributed by atoms with Gasteiger partial charge < -0.3 is 10.1 Å². The topological polar surface area (TPSA) is 47.0 Å². The Morgan fingerprint density at radius 3 is 2.57 bits per heavy atom. The number of ether oxygens (including phenoxy) is 1. The zero-order valence-corrected chi connectivity index (χ0v) is 13.3. The van der Waals surface area contributed by atoms with Gasteiger partial charge in [-0.1, -0.05) is 42.5 Å². The minimum absolute atomic E-state index is 0.747. The van der Waals surface area contributed by atoms with Crippen molar-refractivity contribution in [3.8, 4) is 11.4 Å². The van der Waals surface area contributed by atoms with Crippen LogP contribution in [0.1, 0.15) is 13.3 Å². The zero-order chi connectivity index (χ0) is 15.9. The Balaban J connectivity index is 1.88. The zero-order valence-electron chi connectivity index (χ0n) is 13.3. The molecule has 0 unspecified atom stereocenters. The molecule has 0 aliphatic carbocycles. The fourth-order valence-electron chi connectivity index (χ4n) is 2.45. The SMILES string of the molecule is CCOCCCNc1nc(-c2ccccc2)nc2ccccc12. The minimum Gasteiger partial charge on any atom is -0.382 e. The van der Waals surface area contributed by atoms with Crippen LogP contribution in [0.2, 0.25) is 0 Å². The van der Waals surface area contributed by atoms with Gasteiger partial charge in [0.25, 0.3) is 0 Å². The molecule has 4 nitrogen and oxygen atoms in total. The first kappa shape index (κ1) is 15.4. The second-order valence-electron chi connectivity index (χ2n) is 5.26. The van der Waals surface area contributed by atoms with Crippen molar-refractivity contribution >= 4 is 16.7 Å². The van der Waals surface area contributed by atoms with E-state index in [0.29, 0.717) is 0 Å². The molecule has 0 atom stereocenters. The monoisotopic (exact) mass is 307 g/mol. The maximum Gasteiger partial charge on any atom is 0.162 e. The van der Waals surface area contributed by atoms with E-state index in [4.69, 9.17) is 9.72 Å². The summed E-state index contributed by atoms with van der Waals surface area (Å²) < 4.78 is 5.38. The van der Waals surface area contributed by atoms with E-state index in [1.165, 1.54) is 0 Å². The van der Waals surface area contributed by atoms with Crippen LogP contribution in [-0.4, -0.2) is 29.7 Å². The van der Waals surface area contributed by atoms with Gasteiger partial charge in [0, 0.05) is 30.7 Å². The van der Waals surface area contributed by atoms with Crippen LogP contribution in [0, 0.1) is 0 Å². The van der Waals surface area contributed by atoms with Crippen molar-refractivity contribution in [3.63, 3.8) is 0 Å². The molecular formula is C19H21N3O. The number of aromatic nitrogens is 2. The van der Waals surface area contributed by atoms with E-state index in [2.05, 4.69) is 16.4 Å². The summed E-state index contributed by atoms with van der Waals surface area (Å²) in [6.07, 6.45) is 0.951. The molecule has 4 heteroatoms. The number of anilines is 1. The predicted octanol–water partition coefficient (Wildman–Crippen LogP) is 4.14. The standard InChI is InChI=1S/C19H21N3O/c1-2-23-14-8-13-20-19-16-11-6-7-12-17(16)21-18(22-19)15-9-4-3-5-10-15/h3-7,9-12H,2,8,13-14H2,1H3,(H,20,21,22). The van der Waals surface area contributed by atoms with E-state index in [1.807, 2.05) is 55.5 Å². The molecular weight excluding hydrogens is 286 g/mol. The van der Waals surface area contributed by atoms with Crippen LogP contribution in [0.3, 0.4) is 0 Å². The molecule has 3 rings (SSSR count). The fraction of sp³-hybridized carbons (Fsp3) is 0.263. The predicted molar refractivity (Wildman–Crippen MR) is 94.6 cm³/mol. The van der Waals surface area contributed by atoms with Gasteiger partial charge in [-0.3, -0.25) is 0 Å². The van der Waals surface area contributed by atoms with Gasteiger partial charge in [0.05, 0.1) is 5.52 Å². The first-order valence-electron chi connectivity index (χ1n) is 8.02. The van der Waals surface area contributed by atoms with Gasteiger partial charge in [-0.15, -0.1) is 0 Å². The van der Waals surface area contributed by atoms with Crippen molar-refractivity contribution in [2.75, 3.05) is 25.1 Å². The lowest BCUT2D eigenvalue weighted by molar-refractivity contribution is 0.147. The highest BCUT2D eigenvalue weighted by molar-refractivity contribution is 5.90. The third-order valence-electron chi connectivity index (χ3n) is 3.60. The van der Waals surface area contributed by atoms with Gasteiger partial charge in [0.2, 0.25) is 0 Å². The first-order valence-corrected chi connectivity index (χ1v) is 8.02. The molecule has 0 saturated carbocycles. The summed E-state index contributed by atoms with van der Waals surface area (Å²) in [4.78, 5) is 9.41. The Morgan fingerprint density at radius 1 is 0.957 bits per heavy atom. The number of rotatable bonds is 7. The molecule has 0 saturated heterocycles. The molecule has 1 heterocycles. The van der Waals surface area contributed by atoms with E-state index in [-0.39, 0.29) is 0 Å². The second kappa shape index (κ2) is 7.70. The molecule has 23 heavy (non-hydrogen) atoms. The average molecular weight is 307 g/mol. The average Bonchev–Trinajstić information content (AvgIpc) is 2.62. The van der Waals surface area contributed by atoms with Crippen molar-refractivity contribution in [3.05, 3.63) is 54.6 Å². The van der Waals surface area contributed by atoms with E-state index < -0.39 is 0 Å². The number of hydrogen-bond donors (Lipinski definition) is 1. The third kappa shape index (κ3) is 3.85. The van der Waals surface area contributed by atoms with Crippen LogP contribution in [0.15, 0.2) is 54.6 Å². The summed E-state index contributed by atoms with van der Waals surface area (Å²) >= 11 is 0. The van der Waals surface area contributed by atoms with Crippen molar-refractivity contribution < 1.29 is 4.74 Å². The summed E-state index contributed by atoms with van der Waals surface area (Å²) in [6, 6.07) is 18.2. The largest absolute Gasteiger partial charge is 0.382 e. The number of para-hydroxylation sites is 1. The normalized spacial score (nSPS) is 10.8. The summed E-state index contributed by atoms with van der Waals surface area (Å²) in [6.45, 7) is 4.36. The molecule has 0 aliphatic rings. The number of fused-ring (bicyclic) bond motifs is 1. The van der Waals surface area contributed by atoms with Crippen molar-refractivity contribution in [1.29, 1.82) is 0 Å². The Morgan fingerprint density at radius 2 is 1.74 bits per heavy atom. The molecule has 0 aliphatic heterocycles. The molecule has 1 N–H and O–H groups in total. The molecule has 0 amide bonds. The molecule has 0 bridgehead atoms. The van der Waals surface area contributed by atoms with Gasteiger partial charge in [-0.05, 0) is 25.5 Å². The summed E-state index contributed by atoms with van der Waals surface area (Å²) in [5.41, 5.74) is 1.98. The second-order valence-corrected chi connectivity index (χ2v) is 5.26. The van der Waals surface area contributed by atoms with E-state index in [1.54, 1.807) is 0 Å². The summed E-state index contributed by atoms with van der Waals surface area (Å²) in [5, 5.41) is 4.47. The highest BCUT2D eigenvalue weighted by Crippen LogP contribution is 2.24. The van der Waals surface area contributed by atoms with Crippen LogP contribution in [-0.2, 0) is 4.74 Å². The van der Waals surface area contributed by atoms with Crippen LogP contribution in [0.5, 0.6) is 0 Å². The molecule has 118 valence electrons. The molecule has 0 radical (unpaired) electrons. The Kier molecular flexibility index (Phi) is 5.17. The number of hydrogen-bond acceptors (Lipinski definition) is 4. The lowest BCUT2D eigenvalue weighted by atomic mass is 10.2. The van der Waals surface area contributed by atoms with Gasteiger partial charge in [0.1, 0.15) is 5.82 Å². The van der Waals surface area contributed by atoms with Gasteiger partial charge in [0.15, 0.2) is 5.82 Å². The quantitative estimate of drug-likeness (QED) is 0.667. The Hall–Kier alpha value is -2.46. The summed E-state index contributed by atoms with van der Waals surface area (Å²) in [5.74, 6) is 1.63. The Labute approximate surface area is 136 Å². The molecule has 0 spiro atoms. The van der Waals surface area contributed by atoms with Gasteiger partial charge >= 0.3 is 0 Å². The number of benzene rings is 2. The van der Waals surface area contributed by atoms with Gasteiger partial charge in [-0.2, -0.15) is 0 Å². The lowest BCUT2D eigenvalue weighted by Gasteiger charge is -2.11. The highest BCUT2D eigenvalue weighted by atomic mass is 16.5. The fourth-order valence-corrected chi connectivity index (χ4v) is 2.45. The van der Waals surface area contributed by atoms with Gasteiger partial charge in [-0.25, -0.2) is 9.97 Å². The first-order chi connectivity index (χ1) is 11.4. The maximum atomic E-state index is 5.38. The van der Waals surface area contributed by atoms with Crippen molar-refractivity contribution in [2.45, 2.75) is 13.3 Å².